The Bertz CT molecular complexity index is 970. The zero-order valence-corrected chi connectivity index (χ0v) is 15.3. The van der Waals surface area contributed by atoms with Crippen molar-refractivity contribution in [3.63, 3.8) is 0 Å². The molecule has 0 saturated heterocycles. The molecule has 3 aromatic rings. The molecule has 1 unspecified atom stereocenters. The van der Waals surface area contributed by atoms with Crippen LogP contribution in [0.15, 0.2) is 54.7 Å². The molecule has 0 aliphatic carbocycles. The molecule has 3 rings (SSSR count). The number of nitrogens with one attached hydrogen (secondary N) is 1. The van der Waals surface area contributed by atoms with Crippen LogP contribution in [0.2, 0.25) is 0 Å². The van der Waals surface area contributed by atoms with E-state index >= 15 is 0 Å². The zero-order chi connectivity index (χ0) is 19.9. The van der Waals surface area contributed by atoms with Gasteiger partial charge in [-0.15, -0.1) is 0 Å². The van der Waals surface area contributed by atoms with Crippen molar-refractivity contribution < 1.29 is 19.1 Å². The minimum Gasteiger partial charge on any atom is -0.481 e. The Morgan fingerprint density at radius 2 is 1.86 bits per heavy atom. The molecule has 28 heavy (non-hydrogen) atoms. The number of halogens is 1. The molecule has 0 fully saturated rings. The summed E-state index contributed by atoms with van der Waals surface area (Å²) in [7, 11) is 0. The number of carboxylic acid groups (broad SMARTS) is 1. The van der Waals surface area contributed by atoms with Gasteiger partial charge in [-0.3, -0.25) is 14.3 Å². The molecule has 7 heteroatoms. The molecule has 1 aromatic heterocycles. The first kappa shape index (κ1) is 19.5. The van der Waals surface area contributed by atoms with Gasteiger partial charge < -0.3 is 10.4 Å². The number of carbonyl (C=O) groups excluding carboxylic acids is 1. The van der Waals surface area contributed by atoms with Crippen molar-refractivity contribution in [2.45, 2.75) is 31.7 Å². The molecule has 2 N–H and O–H groups in total. The molecule has 0 spiro atoms. The third-order valence-corrected chi connectivity index (χ3v) is 4.62. The molecule has 0 radical (unpaired) electrons. The summed E-state index contributed by atoms with van der Waals surface area (Å²) in [4.78, 5) is 23.4. The average Bonchev–Trinajstić information content (AvgIpc) is 3.08. The first-order chi connectivity index (χ1) is 13.5. The second-order valence-electron chi connectivity index (χ2n) is 6.65. The van der Waals surface area contributed by atoms with E-state index in [9.17, 15) is 14.0 Å². The molecule has 1 heterocycles. The van der Waals surface area contributed by atoms with Crippen molar-refractivity contribution >= 4 is 22.8 Å². The monoisotopic (exact) mass is 383 g/mol. The average molecular weight is 383 g/mol. The molecule has 6 nitrogen and oxygen atoms in total. The Balaban J connectivity index is 1.52. The smallest absolute Gasteiger partial charge is 0.303 e. The number of rotatable bonds is 9. The molecule has 2 aromatic carbocycles. The highest BCUT2D eigenvalue weighted by Gasteiger charge is 2.21. The molecule has 1 atom stereocenters. The number of hydrogen-bond donors (Lipinski definition) is 2. The third kappa shape index (κ3) is 4.94. The van der Waals surface area contributed by atoms with Gasteiger partial charge in [-0.25, -0.2) is 4.39 Å². The first-order valence-corrected chi connectivity index (χ1v) is 9.18. The van der Waals surface area contributed by atoms with E-state index in [0.29, 0.717) is 19.5 Å². The van der Waals surface area contributed by atoms with E-state index in [-0.39, 0.29) is 24.3 Å². The normalized spacial score (nSPS) is 12.0. The van der Waals surface area contributed by atoms with Crippen molar-refractivity contribution in [2.24, 2.45) is 0 Å². The number of carboxylic acids is 1. The van der Waals surface area contributed by atoms with Crippen LogP contribution in [0.1, 0.15) is 30.7 Å². The van der Waals surface area contributed by atoms with E-state index in [0.717, 1.165) is 10.9 Å². The van der Waals surface area contributed by atoms with Crippen LogP contribution in [0.25, 0.3) is 10.9 Å². The van der Waals surface area contributed by atoms with Crippen molar-refractivity contribution in [1.82, 2.24) is 15.1 Å². The van der Waals surface area contributed by atoms with E-state index in [1.807, 2.05) is 28.9 Å². The summed E-state index contributed by atoms with van der Waals surface area (Å²) in [6.07, 6.45) is 2.12. The van der Waals surface area contributed by atoms with E-state index < -0.39 is 17.7 Å². The summed E-state index contributed by atoms with van der Waals surface area (Å²) in [6.45, 7) is 1.09. The number of aliphatic carboxylic acids is 1. The third-order valence-electron chi connectivity index (χ3n) is 4.62. The van der Waals surface area contributed by atoms with E-state index in [4.69, 9.17) is 5.11 Å². The number of nitrogens with zero attached hydrogens (tertiary/aromatic N) is 2. The minimum absolute atomic E-state index is 0.0715. The van der Waals surface area contributed by atoms with Gasteiger partial charge in [0, 0.05) is 30.8 Å². The maximum absolute atomic E-state index is 14.0. The lowest BCUT2D eigenvalue weighted by Gasteiger charge is -2.16. The molecule has 0 aliphatic heterocycles. The Kier molecular flexibility index (Phi) is 6.37. The number of benzene rings is 2. The molecular formula is C21H22FN3O3. The maximum atomic E-state index is 14.0. The second kappa shape index (κ2) is 9.12. The lowest BCUT2D eigenvalue weighted by molar-refractivity contribution is -0.137. The van der Waals surface area contributed by atoms with Crippen molar-refractivity contribution in [1.29, 1.82) is 0 Å². The highest BCUT2D eigenvalue weighted by atomic mass is 19.1. The Morgan fingerprint density at radius 1 is 1.11 bits per heavy atom. The Morgan fingerprint density at radius 3 is 2.64 bits per heavy atom. The second-order valence-corrected chi connectivity index (χ2v) is 6.65. The highest BCUT2D eigenvalue weighted by molar-refractivity contribution is 5.79. The van der Waals surface area contributed by atoms with Gasteiger partial charge in [0.1, 0.15) is 5.82 Å². The number of aryl methyl sites for hydroxylation is 1. The van der Waals surface area contributed by atoms with Crippen molar-refractivity contribution in [2.75, 3.05) is 6.54 Å². The van der Waals surface area contributed by atoms with Crippen LogP contribution in [0.4, 0.5) is 4.39 Å². The SMILES string of the molecule is O=C(O)CC(CC(=O)NCCCn1ncc2ccccc21)c1ccccc1F. The quantitative estimate of drug-likeness (QED) is 0.555. The minimum atomic E-state index is -1.06. The van der Waals surface area contributed by atoms with Crippen LogP contribution in [-0.2, 0) is 16.1 Å². The van der Waals surface area contributed by atoms with Gasteiger partial charge in [0.2, 0.25) is 5.91 Å². The molecular weight excluding hydrogens is 361 g/mol. The van der Waals surface area contributed by atoms with Gasteiger partial charge in [0.25, 0.3) is 0 Å². The lowest BCUT2D eigenvalue weighted by Crippen LogP contribution is -2.27. The van der Waals surface area contributed by atoms with Crippen LogP contribution in [0.5, 0.6) is 0 Å². The van der Waals surface area contributed by atoms with Gasteiger partial charge in [-0.05, 0) is 24.1 Å². The van der Waals surface area contributed by atoms with Gasteiger partial charge in [-0.1, -0.05) is 36.4 Å². The molecule has 0 bridgehead atoms. The summed E-state index contributed by atoms with van der Waals surface area (Å²) in [5.41, 5.74) is 1.29. The number of carbonyl (C=O) groups is 2. The molecule has 1 amide bonds. The van der Waals surface area contributed by atoms with Crippen LogP contribution in [0.3, 0.4) is 0 Å². The molecule has 0 aliphatic rings. The van der Waals surface area contributed by atoms with Crippen LogP contribution in [-0.4, -0.2) is 33.3 Å². The van der Waals surface area contributed by atoms with Crippen LogP contribution in [0, 0.1) is 5.82 Å². The number of aromatic nitrogens is 2. The zero-order valence-electron chi connectivity index (χ0n) is 15.3. The maximum Gasteiger partial charge on any atom is 0.303 e. The number of amides is 1. The number of fused-ring (bicyclic) bond motifs is 1. The van der Waals surface area contributed by atoms with Crippen molar-refractivity contribution in [3.8, 4) is 0 Å². The fraction of sp³-hybridized carbons (Fsp3) is 0.286. The van der Waals surface area contributed by atoms with Crippen LogP contribution < -0.4 is 5.32 Å². The summed E-state index contributed by atoms with van der Waals surface area (Å²) in [5.74, 6) is -2.55. The summed E-state index contributed by atoms with van der Waals surface area (Å²) < 4.78 is 15.9. The van der Waals surface area contributed by atoms with E-state index in [1.165, 1.54) is 18.2 Å². The Labute approximate surface area is 162 Å². The first-order valence-electron chi connectivity index (χ1n) is 9.18. The largest absolute Gasteiger partial charge is 0.481 e. The van der Waals surface area contributed by atoms with Crippen molar-refractivity contribution in [3.05, 3.63) is 66.1 Å². The number of hydrogen-bond acceptors (Lipinski definition) is 3. The fourth-order valence-corrected chi connectivity index (χ4v) is 3.27. The molecule has 0 saturated carbocycles. The molecule has 146 valence electrons. The lowest BCUT2D eigenvalue weighted by atomic mass is 9.91. The van der Waals surface area contributed by atoms with Gasteiger partial charge in [0.05, 0.1) is 18.1 Å². The summed E-state index contributed by atoms with van der Waals surface area (Å²) in [5, 5.41) is 17.3. The van der Waals surface area contributed by atoms with E-state index in [1.54, 1.807) is 12.3 Å². The van der Waals surface area contributed by atoms with Gasteiger partial charge in [0.15, 0.2) is 0 Å². The van der Waals surface area contributed by atoms with Gasteiger partial charge in [-0.2, -0.15) is 5.10 Å². The summed E-state index contributed by atoms with van der Waals surface area (Å²) >= 11 is 0. The topological polar surface area (TPSA) is 84.2 Å². The predicted octanol–water partition coefficient (Wildman–Crippen LogP) is 3.33. The number of para-hydroxylation sites is 1. The van der Waals surface area contributed by atoms with Gasteiger partial charge >= 0.3 is 5.97 Å². The van der Waals surface area contributed by atoms with E-state index in [2.05, 4.69) is 10.4 Å². The predicted molar refractivity (Wildman–Crippen MR) is 103 cm³/mol. The highest BCUT2D eigenvalue weighted by Crippen LogP contribution is 2.26. The fourth-order valence-electron chi connectivity index (χ4n) is 3.27. The summed E-state index contributed by atoms with van der Waals surface area (Å²) in [6, 6.07) is 13.9. The standard InChI is InChI=1S/C21H22FN3O3/c22-18-8-3-2-7-17(18)16(13-21(27)28)12-20(26)23-10-5-11-25-19-9-4-1-6-15(19)14-24-25/h1-4,6-9,14,16H,5,10-13H2,(H,23,26)(H,27,28). The van der Waals surface area contributed by atoms with Crippen LogP contribution >= 0.6 is 0 Å². The Hall–Kier alpha value is -3.22.